The first-order chi connectivity index (χ1) is 5.07. The minimum absolute atomic E-state index is 0.161. The maximum Gasteiger partial charge on any atom is 0.253 e. The van der Waals surface area contributed by atoms with Crippen LogP contribution in [-0.4, -0.2) is 30.5 Å². The van der Waals surface area contributed by atoms with E-state index in [1.165, 1.54) is 6.92 Å². The van der Waals surface area contributed by atoms with Crippen LogP contribution in [0.2, 0.25) is 0 Å². The summed E-state index contributed by atoms with van der Waals surface area (Å²) in [6.45, 7) is 3.41. The molecule has 2 atom stereocenters. The van der Waals surface area contributed by atoms with Crippen LogP contribution in [0.5, 0.6) is 0 Å². The Bertz CT molecular complexity index is 100. The number of hydrogen-bond donors (Lipinski definition) is 1. The second-order valence-corrected chi connectivity index (χ2v) is 3.56. The quantitative estimate of drug-likeness (QED) is 0.699. The van der Waals surface area contributed by atoms with Crippen molar-refractivity contribution in [2.45, 2.75) is 32.4 Å². The summed E-state index contributed by atoms with van der Waals surface area (Å²) in [5.41, 5.74) is 0. The molecule has 0 aliphatic carbocycles. The van der Waals surface area contributed by atoms with Gasteiger partial charge in [-0.05, 0) is 20.1 Å². The number of thioether (sulfide) groups is 1. The van der Waals surface area contributed by atoms with E-state index in [9.17, 15) is 8.78 Å². The van der Waals surface area contributed by atoms with Crippen LogP contribution in [0.4, 0.5) is 8.78 Å². The first-order valence-electron chi connectivity index (χ1n) is 3.61. The zero-order chi connectivity index (χ0) is 8.85. The van der Waals surface area contributed by atoms with E-state index in [0.29, 0.717) is 0 Å². The second-order valence-electron chi connectivity index (χ2n) is 2.65. The van der Waals surface area contributed by atoms with Crippen LogP contribution in [-0.2, 0) is 0 Å². The molecule has 0 fully saturated rings. The third-order valence-corrected chi connectivity index (χ3v) is 2.18. The summed E-state index contributed by atoms with van der Waals surface area (Å²) < 4.78 is 23.9. The van der Waals surface area contributed by atoms with Gasteiger partial charge in [-0.2, -0.15) is 11.8 Å². The predicted molar refractivity (Wildman–Crippen MR) is 46.4 cm³/mol. The average molecular weight is 183 g/mol. The van der Waals surface area contributed by atoms with E-state index < -0.39 is 12.5 Å². The van der Waals surface area contributed by atoms with Crippen molar-refractivity contribution in [2.24, 2.45) is 0 Å². The van der Waals surface area contributed by atoms with Crippen molar-refractivity contribution in [3.8, 4) is 0 Å². The Morgan fingerprint density at radius 2 is 1.91 bits per heavy atom. The van der Waals surface area contributed by atoms with Gasteiger partial charge in [0.2, 0.25) is 0 Å². The van der Waals surface area contributed by atoms with E-state index in [4.69, 9.17) is 0 Å². The highest BCUT2D eigenvalue weighted by Crippen LogP contribution is 2.03. The largest absolute Gasteiger partial charge is 0.306 e. The zero-order valence-corrected chi connectivity index (χ0v) is 7.92. The maximum absolute atomic E-state index is 12.0. The van der Waals surface area contributed by atoms with Crippen molar-refractivity contribution >= 4 is 11.8 Å². The zero-order valence-electron chi connectivity index (χ0n) is 7.10. The Morgan fingerprint density at radius 3 is 2.27 bits per heavy atom. The molecule has 0 rings (SSSR count). The number of nitrogens with one attached hydrogen (secondary N) is 1. The molecule has 0 aromatic heterocycles. The van der Waals surface area contributed by atoms with Crippen LogP contribution in [0.1, 0.15) is 13.8 Å². The molecule has 0 amide bonds. The lowest BCUT2D eigenvalue weighted by atomic mass is 10.3. The van der Waals surface area contributed by atoms with Crippen LogP contribution in [0.15, 0.2) is 0 Å². The fourth-order valence-electron chi connectivity index (χ4n) is 0.820. The molecule has 0 aliphatic rings. The molecule has 0 saturated heterocycles. The monoisotopic (exact) mass is 183 g/mol. The smallest absolute Gasteiger partial charge is 0.253 e. The van der Waals surface area contributed by atoms with Gasteiger partial charge in [-0.15, -0.1) is 0 Å². The number of halogens is 2. The lowest BCUT2D eigenvalue weighted by molar-refractivity contribution is 0.102. The van der Waals surface area contributed by atoms with Gasteiger partial charge in [0.25, 0.3) is 6.43 Å². The van der Waals surface area contributed by atoms with E-state index in [1.807, 2.05) is 13.2 Å². The number of alkyl halides is 2. The first kappa shape index (κ1) is 11.2. The SMILES string of the molecule is CSCC(C)NC(C)C(F)F. The molecule has 2 unspecified atom stereocenters. The molecular weight excluding hydrogens is 168 g/mol. The summed E-state index contributed by atoms with van der Waals surface area (Å²) >= 11 is 1.66. The van der Waals surface area contributed by atoms with Crippen LogP contribution in [0.25, 0.3) is 0 Å². The van der Waals surface area contributed by atoms with Crippen molar-refractivity contribution in [2.75, 3.05) is 12.0 Å². The Hall–Kier alpha value is 0.170. The van der Waals surface area contributed by atoms with E-state index in [2.05, 4.69) is 5.32 Å². The van der Waals surface area contributed by atoms with Gasteiger partial charge in [0.15, 0.2) is 0 Å². The van der Waals surface area contributed by atoms with E-state index >= 15 is 0 Å². The summed E-state index contributed by atoms with van der Waals surface area (Å²) in [5.74, 6) is 0.872. The van der Waals surface area contributed by atoms with Crippen LogP contribution in [0.3, 0.4) is 0 Å². The van der Waals surface area contributed by atoms with Gasteiger partial charge in [-0.1, -0.05) is 0 Å². The molecule has 0 spiro atoms. The standard InChI is InChI=1S/C7H15F2NS/c1-5(4-11-3)10-6(2)7(8)9/h5-7,10H,4H2,1-3H3. The summed E-state index contributed by atoms with van der Waals surface area (Å²) in [5, 5.41) is 2.81. The van der Waals surface area contributed by atoms with Crippen molar-refractivity contribution in [3.63, 3.8) is 0 Å². The third kappa shape index (κ3) is 5.44. The molecule has 0 saturated carbocycles. The Morgan fingerprint density at radius 1 is 1.36 bits per heavy atom. The fraction of sp³-hybridized carbons (Fsp3) is 1.00. The fourth-order valence-corrected chi connectivity index (χ4v) is 1.42. The number of rotatable bonds is 5. The van der Waals surface area contributed by atoms with Crippen molar-refractivity contribution in [3.05, 3.63) is 0 Å². The van der Waals surface area contributed by atoms with Gasteiger partial charge < -0.3 is 5.32 Å². The molecule has 0 aliphatic heterocycles. The first-order valence-corrected chi connectivity index (χ1v) is 5.00. The molecular formula is C7H15F2NS. The van der Waals surface area contributed by atoms with Crippen LogP contribution >= 0.6 is 11.8 Å². The van der Waals surface area contributed by atoms with Crippen molar-refractivity contribution < 1.29 is 8.78 Å². The van der Waals surface area contributed by atoms with Gasteiger partial charge in [-0.25, -0.2) is 8.78 Å². The van der Waals surface area contributed by atoms with Crippen molar-refractivity contribution in [1.29, 1.82) is 0 Å². The molecule has 0 aromatic rings. The Balaban J connectivity index is 3.48. The molecule has 1 nitrogen and oxygen atoms in total. The van der Waals surface area contributed by atoms with Gasteiger partial charge in [0.1, 0.15) is 0 Å². The molecule has 68 valence electrons. The summed E-state index contributed by atoms with van der Waals surface area (Å²) in [6, 6.07) is -0.536. The van der Waals surface area contributed by atoms with Gasteiger partial charge in [0, 0.05) is 11.8 Å². The second kappa shape index (κ2) is 5.77. The van der Waals surface area contributed by atoms with E-state index in [0.717, 1.165) is 5.75 Å². The summed E-state index contributed by atoms with van der Waals surface area (Å²) in [7, 11) is 0. The molecule has 0 radical (unpaired) electrons. The summed E-state index contributed by atoms with van der Waals surface area (Å²) in [6.07, 6.45) is -0.301. The molecule has 0 aromatic carbocycles. The van der Waals surface area contributed by atoms with Gasteiger partial charge in [0.05, 0.1) is 6.04 Å². The highest BCUT2D eigenvalue weighted by molar-refractivity contribution is 7.98. The Kier molecular flexibility index (Phi) is 5.86. The Labute approximate surface area is 70.9 Å². The highest BCUT2D eigenvalue weighted by atomic mass is 32.2. The molecule has 4 heteroatoms. The third-order valence-electron chi connectivity index (χ3n) is 1.34. The lowest BCUT2D eigenvalue weighted by Gasteiger charge is -2.18. The number of hydrogen-bond acceptors (Lipinski definition) is 2. The van der Waals surface area contributed by atoms with Gasteiger partial charge in [-0.3, -0.25) is 0 Å². The minimum atomic E-state index is -2.26. The average Bonchev–Trinajstić information content (AvgIpc) is 1.87. The summed E-state index contributed by atoms with van der Waals surface area (Å²) in [4.78, 5) is 0. The van der Waals surface area contributed by atoms with Crippen LogP contribution < -0.4 is 5.32 Å². The van der Waals surface area contributed by atoms with Gasteiger partial charge >= 0.3 is 0 Å². The molecule has 1 N–H and O–H groups in total. The van der Waals surface area contributed by atoms with Crippen molar-refractivity contribution in [1.82, 2.24) is 5.32 Å². The van der Waals surface area contributed by atoms with E-state index in [-0.39, 0.29) is 6.04 Å². The molecule has 11 heavy (non-hydrogen) atoms. The molecule has 0 heterocycles. The molecule has 0 bridgehead atoms. The minimum Gasteiger partial charge on any atom is -0.306 e. The maximum atomic E-state index is 12.0. The lowest BCUT2D eigenvalue weighted by Crippen LogP contribution is -2.40. The van der Waals surface area contributed by atoms with Crippen LogP contribution in [0, 0.1) is 0 Å². The predicted octanol–water partition coefficient (Wildman–Crippen LogP) is 1.98. The van der Waals surface area contributed by atoms with E-state index in [1.54, 1.807) is 11.8 Å². The normalized spacial score (nSPS) is 16.9. The highest BCUT2D eigenvalue weighted by Gasteiger charge is 2.15. The topological polar surface area (TPSA) is 12.0 Å².